The number of hydrogen-bond acceptors (Lipinski definition) is 3. The van der Waals surface area contributed by atoms with Gasteiger partial charge in [-0.3, -0.25) is 0 Å². The maximum Gasteiger partial charge on any atom is 0.160 e. The molecule has 0 radical (unpaired) electrons. The first kappa shape index (κ1) is 6.71. The topological polar surface area (TPSA) is 33.4 Å². The summed E-state index contributed by atoms with van der Waals surface area (Å²) < 4.78 is 5.01. The molecule has 0 aliphatic heterocycles. The van der Waals surface area contributed by atoms with Crippen LogP contribution in [-0.4, -0.2) is 11.4 Å². The van der Waals surface area contributed by atoms with Crippen molar-refractivity contribution in [2.24, 2.45) is 0 Å². The van der Waals surface area contributed by atoms with Crippen molar-refractivity contribution in [2.45, 2.75) is 11.7 Å². The highest BCUT2D eigenvalue weighted by molar-refractivity contribution is 7.98. The van der Waals surface area contributed by atoms with Gasteiger partial charge in [-0.05, 0) is 12.3 Å². The van der Waals surface area contributed by atoms with Gasteiger partial charge in [0.05, 0.1) is 12.9 Å². The van der Waals surface area contributed by atoms with E-state index in [2.05, 4.69) is 0 Å². The average molecular weight is 144 g/mol. The third-order valence-corrected chi connectivity index (χ3v) is 1.63. The molecule has 0 unspecified atom stereocenters. The first-order valence-corrected chi connectivity index (χ1v) is 3.81. The van der Waals surface area contributed by atoms with Crippen molar-refractivity contribution < 1.29 is 9.52 Å². The van der Waals surface area contributed by atoms with Crippen molar-refractivity contribution in [1.29, 1.82) is 0 Å². The molecule has 50 valence electrons. The molecule has 0 aliphatic carbocycles. The van der Waals surface area contributed by atoms with Crippen molar-refractivity contribution in [3.63, 3.8) is 0 Å². The maximum absolute atomic E-state index is 8.58. The Morgan fingerprint density at radius 3 is 2.89 bits per heavy atom. The quantitative estimate of drug-likeness (QED) is 0.638. The molecule has 0 bridgehead atoms. The number of aliphatic hydroxyl groups is 1. The van der Waals surface area contributed by atoms with Crippen LogP contribution in [0.4, 0.5) is 0 Å². The molecule has 2 nitrogen and oxygen atoms in total. The summed E-state index contributed by atoms with van der Waals surface area (Å²) in [4.78, 5) is 0. The molecule has 1 aromatic heterocycles. The van der Waals surface area contributed by atoms with Gasteiger partial charge in [0.2, 0.25) is 0 Å². The molecule has 0 atom stereocenters. The van der Waals surface area contributed by atoms with Gasteiger partial charge in [0.25, 0.3) is 0 Å². The minimum absolute atomic E-state index is 0.0596. The third-order valence-electron chi connectivity index (χ3n) is 1.01. The first-order chi connectivity index (χ1) is 4.36. The summed E-state index contributed by atoms with van der Waals surface area (Å²) in [6.07, 6.45) is 3.49. The van der Waals surface area contributed by atoms with Gasteiger partial charge in [-0.15, -0.1) is 0 Å². The van der Waals surface area contributed by atoms with Crippen LogP contribution in [0.15, 0.2) is 21.8 Å². The van der Waals surface area contributed by atoms with E-state index in [9.17, 15) is 0 Å². The second-order valence-electron chi connectivity index (χ2n) is 1.64. The molecule has 9 heavy (non-hydrogen) atoms. The van der Waals surface area contributed by atoms with Crippen LogP contribution < -0.4 is 0 Å². The van der Waals surface area contributed by atoms with E-state index in [1.165, 1.54) is 11.8 Å². The Hall–Kier alpha value is -0.410. The second-order valence-corrected chi connectivity index (χ2v) is 2.45. The fourth-order valence-electron chi connectivity index (χ4n) is 0.543. The second kappa shape index (κ2) is 2.94. The van der Waals surface area contributed by atoms with Gasteiger partial charge in [0, 0.05) is 5.56 Å². The van der Waals surface area contributed by atoms with Gasteiger partial charge in [0.1, 0.15) is 0 Å². The minimum atomic E-state index is 0.0596. The molecule has 1 N–H and O–H groups in total. The summed E-state index contributed by atoms with van der Waals surface area (Å²) in [5.74, 6) is 0. The number of aliphatic hydroxyl groups excluding tert-OH is 1. The zero-order chi connectivity index (χ0) is 6.69. The van der Waals surface area contributed by atoms with Crippen molar-refractivity contribution in [3.05, 3.63) is 17.9 Å². The zero-order valence-electron chi connectivity index (χ0n) is 5.13. The summed E-state index contributed by atoms with van der Waals surface area (Å²) in [7, 11) is 0. The summed E-state index contributed by atoms with van der Waals surface area (Å²) in [5.41, 5.74) is 0.833. The van der Waals surface area contributed by atoms with E-state index in [-0.39, 0.29) is 6.61 Å². The summed E-state index contributed by atoms with van der Waals surface area (Å²) in [6.45, 7) is 0.0596. The fraction of sp³-hybridized carbons (Fsp3) is 0.333. The average Bonchev–Trinajstić information content (AvgIpc) is 2.34. The van der Waals surface area contributed by atoms with Gasteiger partial charge >= 0.3 is 0 Å². The maximum atomic E-state index is 8.58. The predicted molar refractivity (Wildman–Crippen MR) is 36.4 cm³/mol. The highest BCUT2D eigenvalue weighted by Crippen LogP contribution is 2.17. The highest BCUT2D eigenvalue weighted by atomic mass is 32.2. The SMILES string of the molecule is CSc1cc(CO)co1. The predicted octanol–water partition coefficient (Wildman–Crippen LogP) is 1.49. The lowest BCUT2D eigenvalue weighted by molar-refractivity contribution is 0.280. The van der Waals surface area contributed by atoms with Gasteiger partial charge in [0.15, 0.2) is 5.09 Å². The van der Waals surface area contributed by atoms with Crippen LogP contribution in [0.25, 0.3) is 0 Å². The molecule has 0 saturated heterocycles. The van der Waals surface area contributed by atoms with E-state index in [4.69, 9.17) is 9.52 Å². The van der Waals surface area contributed by atoms with Gasteiger partial charge in [-0.1, -0.05) is 11.8 Å². The number of rotatable bonds is 2. The van der Waals surface area contributed by atoms with E-state index in [1.54, 1.807) is 6.26 Å². The lowest BCUT2D eigenvalue weighted by Crippen LogP contribution is -1.73. The molecule has 0 spiro atoms. The number of furan rings is 1. The van der Waals surface area contributed by atoms with Crippen molar-refractivity contribution in [3.8, 4) is 0 Å². The molecule has 3 heteroatoms. The molecule has 0 saturated carbocycles. The van der Waals surface area contributed by atoms with E-state index >= 15 is 0 Å². The van der Waals surface area contributed by atoms with Crippen LogP contribution in [0.1, 0.15) is 5.56 Å². The van der Waals surface area contributed by atoms with Crippen LogP contribution in [0.2, 0.25) is 0 Å². The fourth-order valence-corrected chi connectivity index (χ4v) is 0.957. The van der Waals surface area contributed by atoms with E-state index in [1.807, 2.05) is 12.3 Å². The van der Waals surface area contributed by atoms with Crippen LogP contribution in [0.5, 0.6) is 0 Å². The van der Waals surface area contributed by atoms with E-state index in [0.29, 0.717) is 0 Å². The molecule has 0 aliphatic rings. The Balaban J connectivity index is 2.74. The molecular weight excluding hydrogens is 136 g/mol. The zero-order valence-corrected chi connectivity index (χ0v) is 5.94. The molecule has 0 aromatic carbocycles. The third kappa shape index (κ3) is 1.50. The normalized spacial score (nSPS) is 10.0. The standard InChI is InChI=1S/C6H8O2S/c1-9-6-2-5(3-7)4-8-6/h2,4,7H,3H2,1H3. The van der Waals surface area contributed by atoms with Gasteiger partial charge < -0.3 is 9.52 Å². The summed E-state index contributed by atoms with van der Waals surface area (Å²) >= 11 is 1.53. The van der Waals surface area contributed by atoms with Gasteiger partial charge in [-0.25, -0.2) is 0 Å². The monoisotopic (exact) mass is 144 g/mol. The lowest BCUT2D eigenvalue weighted by Gasteiger charge is -1.80. The molecule has 0 fully saturated rings. The van der Waals surface area contributed by atoms with Crippen LogP contribution in [0.3, 0.4) is 0 Å². The van der Waals surface area contributed by atoms with Crippen molar-refractivity contribution in [1.82, 2.24) is 0 Å². The highest BCUT2D eigenvalue weighted by Gasteiger charge is 1.96. The largest absolute Gasteiger partial charge is 0.458 e. The minimum Gasteiger partial charge on any atom is -0.458 e. The Morgan fingerprint density at radius 1 is 1.78 bits per heavy atom. The summed E-state index contributed by atoms with van der Waals surface area (Å²) in [5, 5.41) is 9.42. The Morgan fingerprint density at radius 2 is 2.56 bits per heavy atom. The molecule has 1 aromatic rings. The van der Waals surface area contributed by atoms with Crippen molar-refractivity contribution in [2.75, 3.05) is 6.26 Å². The van der Waals surface area contributed by atoms with Crippen LogP contribution >= 0.6 is 11.8 Å². The van der Waals surface area contributed by atoms with Gasteiger partial charge in [-0.2, -0.15) is 0 Å². The smallest absolute Gasteiger partial charge is 0.160 e. The molecule has 1 rings (SSSR count). The van der Waals surface area contributed by atoms with Crippen LogP contribution in [0, 0.1) is 0 Å². The van der Waals surface area contributed by atoms with E-state index < -0.39 is 0 Å². The number of thioether (sulfide) groups is 1. The van der Waals surface area contributed by atoms with E-state index in [0.717, 1.165) is 10.7 Å². The van der Waals surface area contributed by atoms with Crippen LogP contribution in [-0.2, 0) is 6.61 Å². The lowest BCUT2D eigenvalue weighted by atomic mass is 10.4. The summed E-state index contributed by atoms with van der Waals surface area (Å²) in [6, 6.07) is 1.82. The Labute approximate surface area is 57.9 Å². The molecule has 1 heterocycles. The Kier molecular flexibility index (Phi) is 2.19. The molecule has 0 amide bonds. The number of hydrogen-bond donors (Lipinski definition) is 1. The Bertz CT molecular complexity index is 164. The van der Waals surface area contributed by atoms with Crippen molar-refractivity contribution >= 4 is 11.8 Å². The first-order valence-electron chi connectivity index (χ1n) is 2.59. The molecular formula is C6H8O2S.